The van der Waals surface area contributed by atoms with Crippen LogP contribution in [-0.4, -0.2) is 49.5 Å². The summed E-state index contributed by atoms with van der Waals surface area (Å²) in [6.45, 7) is 2.50. The van der Waals surface area contributed by atoms with Crippen LogP contribution in [0.5, 0.6) is 0 Å². The molecule has 1 aliphatic heterocycles. The van der Waals surface area contributed by atoms with Crippen molar-refractivity contribution in [2.75, 3.05) is 13.2 Å². The molecule has 9 heteroatoms. The van der Waals surface area contributed by atoms with Crippen LogP contribution >= 0.6 is 0 Å². The Morgan fingerprint density at radius 3 is 3.00 bits per heavy atom. The van der Waals surface area contributed by atoms with Gasteiger partial charge in [-0.05, 0) is 36.8 Å². The van der Waals surface area contributed by atoms with Gasteiger partial charge in [-0.25, -0.2) is 18.7 Å². The number of carbonyl (C=O) groups excluding carboxylic acids is 1. The van der Waals surface area contributed by atoms with E-state index in [1.54, 1.807) is 36.0 Å². The molecule has 0 bridgehead atoms. The van der Waals surface area contributed by atoms with Crippen molar-refractivity contribution in [3.63, 3.8) is 0 Å². The van der Waals surface area contributed by atoms with Crippen molar-refractivity contribution < 1.29 is 13.9 Å². The highest BCUT2D eigenvalue weighted by molar-refractivity contribution is 5.97. The summed E-state index contributed by atoms with van der Waals surface area (Å²) in [6, 6.07) is 10.6. The number of cyclic esters (lactones) is 1. The van der Waals surface area contributed by atoms with Crippen LogP contribution in [0.4, 0.5) is 9.18 Å². The number of hydrogen-bond acceptors (Lipinski definition) is 6. The Bertz CT molecular complexity index is 1320. The molecule has 1 fully saturated rings. The molecular formula is C21H17FN6O2. The summed E-state index contributed by atoms with van der Waals surface area (Å²) in [5, 5.41) is 11.0. The van der Waals surface area contributed by atoms with Crippen molar-refractivity contribution in [1.82, 2.24) is 24.6 Å². The first-order valence-electron chi connectivity index (χ1n) is 9.45. The van der Waals surface area contributed by atoms with Gasteiger partial charge in [-0.3, -0.25) is 4.98 Å². The van der Waals surface area contributed by atoms with Gasteiger partial charge in [0.15, 0.2) is 5.65 Å². The summed E-state index contributed by atoms with van der Waals surface area (Å²) in [7, 11) is 0. The van der Waals surface area contributed by atoms with Gasteiger partial charge in [-0.15, -0.1) is 0 Å². The zero-order valence-electron chi connectivity index (χ0n) is 16.1. The highest BCUT2D eigenvalue weighted by Gasteiger charge is 2.22. The molecule has 1 amide bonds. The maximum absolute atomic E-state index is 14.6. The first-order valence-corrected chi connectivity index (χ1v) is 9.45. The molecule has 3 aromatic heterocycles. The lowest BCUT2D eigenvalue weighted by atomic mass is 10.1. The maximum Gasteiger partial charge on any atom is 0.430 e. The third-order valence-corrected chi connectivity index (χ3v) is 4.96. The van der Waals surface area contributed by atoms with Crippen LogP contribution < -0.4 is 0 Å². The minimum Gasteiger partial charge on any atom is -0.446 e. The summed E-state index contributed by atoms with van der Waals surface area (Å²) < 4.78 is 21.2. The van der Waals surface area contributed by atoms with Crippen molar-refractivity contribution in [2.45, 2.75) is 13.3 Å². The van der Waals surface area contributed by atoms with Crippen LogP contribution in [0.25, 0.3) is 16.6 Å². The smallest absolute Gasteiger partial charge is 0.430 e. The molecule has 1 aliphatic rings. The molecule has 4 aromatic rings. The van der Waals surface area contributed by atoms with E-state index in [2.05, 4.69) is 20.2 Å². The maximum atomic E-state index is 14.6. The van der Waals surface area contributed by atoms with Gasteiger partial charge in [0.1, 0.15) is 18.1 Å². The van der Waals surface area contributed by atoms with Crippen LogP contribution in [0.3, 0.4) is 0 Å². The second kappa shape index (κ2) is 7.18. The first kappa shape index (κ1) is 18.2. The zero-order chi connectivity index (χ0) is 20.7. The van der Waals surface area contributed by atoms with Gasteiger partial charge < -0.3 is 4.74 Å². The van der Waals surface area contributed by atoms with Crippen molar-refractivity contribution in [1.29, 1.82) is 0 Å². The fourth-order valence-corrected chi connectivity index (χ4v) is 3.42. The number of ether oxygens (including phenoxy) is 1. The van der Waals surface area contributed by atoms with Crippen LogP contribution in [0, 0.1) is 5.82 Å². The number of fused-ring (bicyclic) bond motifs is 2. The highest BCUT2D eigenvalue weighted by atomic mass is 19.1. The largest absolute Gasteiger partial charge is 0.446 e. The lowest BCUT2D eigenvalue weighted by molar-refractivity contribution is 0.159. The lowest BCUT2D eigenvalue weighted by Crippen LogP contribution is -2.20. The number of amides is 1. The van der Waals surface area contributed by atoms with Gasteiger partial charge >= 0.3 is 6.09 Å². The molecule has 0 saturated carbocycles. The molecule has 0 atom stereocenters. The Hall–Kier alpha value is -3.88. The van der Waals surface area contributed by atoms with E-state index < -0.39 is 6.09 Å². The van der Waals surface area contributed by atoms with E-state index >= 15 is 0 Å². The molecular weight excluding hydrogens is 387 g/mol. The van der Waals surface area contributed by atoms with Gasteiger partial charge in [-0.2, -0.15) is 15.2 Å². The monoisotopic (exact) mass is 404 g/mol. The van der Waals surface area contributed by atoms with Crippen LogP contribution in [0.15, 0.2) is 53.9 Å². The number of rotatable bonds is 4. The first-order chi connectivity index (χ1) is 14.6. The molecule has 30 heavy (non-hydrogen) atoms. The molecule has 0 aliphatic carbocycles. The van der Waals surface area contributed by atoms with E-state index in [4.69, 9.17) is 4.74 Å². The number of pyridine rings is 1. The van der Waals surface area contributed by atoms with E-state index in [9.17, 15) is 9.18 Å². The van der Waals surface area contributed by atoms with Gasteiger partial charge in [0, 0.05) is 24.1 Å². The molecule has 5 rings (SSSR count). The van der Waals surface area contributed by atoms with E-state index in [-0.39, 0.29) is 5.82 Å². The van der Waals surface area contributed by atoms with Gasteiger partial charge in [-0.1, -0.05) is 6.07 Å². The molecule has 0 radical (unpaired) electrons. The van der Waals surface area contributed by atoms with E-state index in [0.29, 0.717) is 47.7 Å². The summed E-state index contributed by atoms with van der Waals surface area (Å²) >= 11 is 0. The van der Waals surface area contributed by atoms with E-state index in [1.165, 1.54) is 11.1 Å². The second-order valence-corrected chi connectivity index (χ2v) is 6.98. The fourth-order valence-electron chi connectivity index (χ4n) is 3.42. The third kappa shape index (κ3) is 3.24. The lowest BCUT2D eigenvalue weighted by Gasteiger charge is -2.09. The second-order valence-electron chi connectivity index (χ2n) is 6.98. The summed E-state index contributed by atoms with van der Waals surface area (Å²) in [5.41, 5.74) is 3.69. The van der Waals surface area contributed by atoms with Crippen LogP contribution in [0.1, 0.15) is 23.9 Å². The quantitative estimate of drug-likeness (QED) is 0.488. The molecule has 0 unspecified atom stereocenters. The Balaban J connectivity index is 1.50. The Labute approximate surface area is 170 Å². The highest BCUT2D eigenvalue weighted by Crippen LogP contribution is 2.20. The van der Waals surface area contributed by atoms with Crippen molar-refractivity contribution in [3.8, 4) is 0 Å². The van der Waals surface area contributed by atoms with Crippen LogP contribution in [0.2, 0.25) is 0 Å². The number of hydrogen-bond donors (Lipinski definition) is 0. The number of halogens is 1. The summed E-state index contributed by atoms with van der Waals surface area (Å²) in [5.74, 6) is -0.322. The summed E-state index contributed by atoms with van der Waals surface area (Å²) in [4.78, 5) is 20.2. The number of nitrogens with zero attached hydrogens (tertiary/aromatic N) is 6. The molecule has 0 N–H and O–H groups in total. The number of benzene rings is 1. The number of imidazole rings is 1. The predicted octanol–water partition coefficient (Wildman–Crippen LogP) is 3.18. The Morgan fingerprint density at radius 1 is 1.27 bits per heavy atom. The number of aromatic nitrogens is 4. The van der Waals surface area contributed by atoms with Gasteiger partial charge in [0.05, 0.1) is 29.7 Å². The van der Waals surface area contributed by atoms with Crippen molar-refractivity contribution in [2.24, 2.45) is 5.10 Å². The average molecular weight is 404 g/mol. The summed E-state index contributed by atoms with van der Waals surface area (Å²) in [6.07, 6.45) is 3.18. The minimum atomic E-state index is -0.472. The fraction of sp³-hybridized carbons (Fsp3) is 0.190. The van der Waals surface area contributed by atoms with Crippen LogP contribution in [-0.2, 0) is 11.2 Å². The average Bonchev–Trinajstić information content (AvgIpc) is 3.34. The predicted molar refractivity (Wildman–Crippen MR) is 108 cm³/mol. The number of carbonyl (C=O) groups is 1. The zero-order valence-corrected chi connectivity index (χ0v) is 16.1. The van der Waals surface area contributed by atoms with E-state index in [1.807, 2.05) is 18.2 Å². The number of hydrazone groups is 1. The van der Waals surface area contributed by atoms with Crippen molar-refractivity contribution in [3.05, 3.63) is 71.6 Å². The molecule has 8 nitrogen and oxygen atoms in total. The van der Waals surface area contributed by atoms with E-state index in [0.717, 1.165) is 11.1 Å². The Kier molecular flexibility index (Phi) is 4.35. The standard InChI is InChI=1S/C21H17FN6O2/c1-13(25-27-7-8-30-21(27)29)18-4-5-20-24-12-16(28(20)26-18)10-15-9-14-3-2-6-23-19(14)11-17(15)22/h2-6,9,11-12H,7-8,10H2,1H3/b25-13-. The molecule has 0 spiro atoms. The Morgan fingerprint density at radius 2 is 2.17 bits per heavy atom. The van der Waals surface area contributed by atoms with Gasteiger partial charge in [0.25, 0.3) is 0 Å². The SMILES string of the molecule is C/C(=N/N1CCOC1=O)c1ccc2ncc(Cc3cc4cccnc4cc3F)n2n1. The van der Waals surface area contributed by atoms with Crippen molar-refractivity contribution >= 4 is 28.4 Å². The normalized spacial score (nSPS) is 14.7. The molecule has 1 saturated heterocycles. The van der Waals surface area contributed by atoms with Gasteiger partial charge in [0.2, 0.25) is 0 Å². The molecule has 150 valence electrons. The topological polar surface area (TPSA) is 85.0 Å². The minimum absolute atomic E-state index is 0.320. The molecule has 4 heterocycles. The third-order valence-electron chi connectivity index (χ3n) is 4.96. The molecule has 1 aromatic carbocycles.